The molecule has 92 valence electrons. The van der Waals surface area contributed by atoms with Gasteiger partial charge in [0.1, 0.15) is 0 Å². The molecule has 0 spiro atoms. The summed E-state index contributed by atoms with van der Waals surface area (Å²) in [4.78, 5) is 23.9. The average molecular weight is 230 g/mol. The minimum atomic E-state index is -0.817. The van der Waals surface area contributed by atoms with Crippen LogP contribution in [0, 0.1) is 5.92 Å². The number of carboxylic acids is 1. The van der Waals surface area contributed by atoms with Crippen LogP contribution in [0.15, 0.2) is 0 Å². The van der Waals surface area contributed by atoms with Gasteiger partial charge in [-0.2, -0.15) is 0 Å². The smallest absolute Gasteiger partial charge is 0.308 e. The number of aliphatic carboxylic acids is 1. The first-order valence-electron chi connectivity index (χ1n) is 5.35. The van der Waals surface area contributed by atoms with Crippen LogP contribution in [-0.4, -0.2) is 61.8 Å². The number of carboxylic acid groups (broad SMARTS) is 1. The lowest BCUT2D eigenvalue weighted by Gasteiger charge is -2.15. The number of hydrogen-bond acceptors (Lipinski definition) is 4. The van der Waals surface area contributed by atoms with Crippen molar-refractivity contribution in [3.05, 3.63) is 0 Å². The van der Waals surface area contributed by atoms with Gasteiger partial charge in [0.2, 0.25) is 5.91 Å². The van der Waals surface area contributed by atoms with E-state index >= 15 is 0 Å². The highest BCUT2D eigenvalue weighted by Gasteiger charge is 2.30. The van der Waals surface area contributed by atoms with Gasteiger partial charge in [-0.1, -0.05) is 0 Å². The zero-order valence-corrected chi connectivity index (χ0v) is 9.44. The SMILES string of the molecule is COCCNCC(=O)N1CCC(C(=O)O)C1. The normalized spacial score (nSPS) is 20.1. The molecule has 0 aromatic heterocycles. The van der Waals surface area contributed by atoms with Crippen LogP contribution in [0.3, 0.4) is 0 Å². The molecule has 6 heteroatoms. The zero-order valence-electron chi connectivity index (χ0n) is 9.44. The van der Waals surface area contributed by atoms with Gasteiger partial charge >= 0.3 is 5.97 Å². The van der Waals surface area contributed by atoms with Crippen LogP contribution < -0.4 is 5.32 Å². The molecule has 0 aromatic carbocycles. The van der Waals surface area contributed by atoms with Gasteiger partial charge in [0.05, 0.1) is 19.1 Å². The molecule has 6 nitrogen and oxygen atoms in total. The third kappa shape index (κ3) is 3.79. The number of nitrogens with zero attached hydrogens (tertiary/aromatic N) is 1. The number of carbonyl (C=O) groups excluding carboxylic acids is 1. The van der Waals surface area contributed by atoms with E-state index in [0.717, 1.165) is 0 Å². The molecule has 1 aliphatic rings. The molecule has 16 heavy (non-hydrogen) atoms. The van der Waals surface area contributed by atoms with Crippen molar-refractivity contribution in [1.29, 1.82) is 0 Å². The van der Waals surface area contributed by atoms with Gasteiger partial charge in [-0.25, -0.2) is 0 Å². The predicted molar refractivity (Wildman–Crippen MR) is 57.1 cm³/mol. The number of likely N-dealkylation sites (tertiary alicyclic amines) is 1. The first-order chi connectivity index (χ1) is 7.65. The van der Waals surface area contributed by atoms with Crippen LogP contribution in [0.2, 0.25) is 0 Å². The maximum absolute atomic E-state index is 11.6. The Kier molecular flexibility index (Phi) is 5.21. The Labute approximate surface area is 94.6 Å². The molecule has 1 saturated heterocycles. The lowest BCUT2D eigenvalue weighted by atomic mass is 10.1. The summed E-state index contributed by atoms with van der Waals surface area (Å²) < 4.78 is 4.83. The standard InChI is InChI=1S/C10H18N2O4/c1-16-5-3-11-6-9(13)12-4-2-8(7-12)10(14)15/h8,11H,2-7H2,1H3,(H,14,15). The average Bonchev–Trinajstić information content (AvgIpc) is 2.73. The summed E-state index contributed by atoms with van der Waals surface area (Å²) in [7, 11) is 1.60. The molecule has 1 atom stereocenters. The molecule has 0 radical (unpaired) electrons. The fourth-order valence-electron chi connectivity index (χ4n) is 1.67. The molecule has 1 rings (SSSR count). The lowest BCUT2D eigenvalue weighted by molar-refractivity contribution is -0.141. The second-order valence-electron chi connectivity index (χ2n) is 3.83. The second-order valence-corrected chi connectivity index (χ2v) is 3.83. The molecule has 1 aliphatic heterocycles. The summed E-state index contributed by atoms with van der Waals surface area (Å²) in [5.41, 5.74) is 0. The van der Waals surface area contributed by atoms with Crippen LogP contribution in [-0.2, 0) is 14.3 Å². The van der Waals surface area contributed by atoms with E-state index in [0.29, 0.717) is 32.7 Å². The Morgan fingerprint density at radius 1 is 1.56 bits per heavy atom. The van der Waals surface area contributed by atoms with Crippen LogP contribution in [0.4, 0.5) is 0 Å². The van der Waals surface area contributed by atoms with Gasteiger partial charge in [-0.3, -0.25) is 9.59 Å². The second kappa shape index (κ2) is 6.44. The first-order valence-corrected chi connectivity index (χ1v) is 5.35. The maximum Gasteiger partial charge on any atom is 0.308 e. The fraction of sp³-hybridized carbons (Fsp3) is 0.800. The summed E-state index contributed by atoms with van der Waals surface area (Å²) in [5.74, 6) is -1.26. The van der Waals surface area contributed by atoms with Gasteiger partial charge in [0, 0.05) is 26.7 Å². The molecule has 0 aliphatic carbocycles. The van der Waals surface area contributed by atoms with Crippen molar-refractivity contribution in [1.82, 2.24) is 10.2 Å². The van der Waals surface area contributed by atoms with Crippen molar-refractivity contribution in [2.45, 2.75) is 6.42 Å². The van der Waals surface area contributed by atoms with Gasteiger partial charge in [0.25, 0.3) is 0 Å². The topological polar surface area (TPSA) is 78.9 Å². The van der Waals surface area contributed by atoms with Crippen molar-refractivity contribution in [2.24, 2.45) is 5.92 Å². The minimum absolute atomic E-state index is 0.0418. The number of rotatable bonds is 6. The molecule has 1 heterocycles. The molecular formula is C10H18N2O4. The van der Waals surface area contributed by atoms with E-state index in [-0.39, 0.29) is 12.5 Å². The molecule has 1 amide bonds. The number of methoxy groups -OCH3 is 1. The monoisotopic (exact) mass is 230 g/mol. The van der Waals surface area contributed by atoms with E-state index in [4.69, 9.17) is 9.84 Å². The zero-order chi connectivity index (χ0) is 12.0. The summed E-state index contributed by atoms with van der Waals surface area (Å²) in [6, 6.07) is 0. The highest BCUT2D eigenvalue weighted by Crippen LogP contribution is 2.15. The maximum atomic E-state index is 11.6. The Morgan fingerprint density at radius 3 is 2.88 bits per heavy atom. The first kappa shape index (κ1) is 12.9. The summed E-state index contributed by atoms with van der Waals surface area (Å²) in [5, 5.41) is 11.7. The molecular weight excluding hydrogens is 212 g/mol. The van der Waals surface area contributed by atoms with Crippen LogP contribution in [0.5, 0.6) is 0 Å². The highest BCUT2D eigenvalue weighted by molar-refractivity contribution is 5.80. The Balaban J connectivity index is 2.20. The molecule has 1 unspecified atom stereocenters. The summed E-state index contributed by atoms with van der Waals surface area (Å²) in [6.45, 7) is 2.31. The molecule has 0 saturated carbocycles. The van der Waals surface area contributed by atoms with E-state index in [1.165, 1.54) is 0 Å². The number of nitrogens with one attached hydrogen (secondary N) is 1. The predicted octanol–water partition coefficient (Wildman–Crippen LogP) is -0.844. The van der Waals surface area contributed by atoms with Crippen LogP contribution in [0.1, 0.15) is 6.42 Å². The van der Waals surface area contributed by atoms with Crippen molar-refractivity contribution >= 4 is 11.9 Å². The Morgan fingerprint density at radius 2 is 2.31 bits per heavy atom. The molecule has 0 aromatic rings. The third-order valence-electron chi connectivity index (χ3n) is 2.65. The molecule has 1 fully saturated rings. The summed E-state index contributed by atoms with van der Waals surface area (Å²) in [6.07, 6.45) is 0.555. The summed E-state index contributed by atoms with van der Waals surface area (Å²) >= 11 is 0. The van der Waals surface area contributed by atoms with E-state index in [1.807, 2.05) is 0 Å². The van der Waals surface area contributed by atoms with Gasteiger partial charge in [-0.15, -0.1) is 0 Å². The Hall–Kier alpha value is -1.14. The van der Waals surface area contributed by atoms with Gasteiger partial charge in [0.15, 0.2) is 0 Å². The van der Waals surface area contributed by atoms with E-state index < -0.39 is 11.9 Å². The van der Waals surface area contributed by atoms with Crippen molar-refractivity contribution in [3.63, 3.8) is 0 Å². The van der Waals surface area contributed by atoms with Gasteiger partial charge < -0.3 is 20.1 Å². The van der Waals surface area contributed by atoms with Crippen molar-refractivity contribution in [3.8, 4) is 0 Å². The Bertz CT molecular complexity index is 257. The number of amides is 1. The third-order valence-corrected chi connectivity index (χ3v) is 2.65. The lowest BCUT2D eigenvalue weighted by Crippen LogP contribution is -2.38. The largest absolute Gasteiger partial charge is 0.481 e. The van der Waals surface area contributed by atoms with Gasteiger partial charge in [-0.05, 0) is 6.42 Å². The fourth-order valence-corrected chi connectivity index (χ4v) is 1.67. The molecule has 2 N–H and O–H groups in total. The molecule has 0 bridgehead atoms. The number of carbonyl (C=O) groups is 2. The number of hydrogen-bond donors (Lipinski definition) is 2. The van der Waals surface area contributed by atoms with E-state index in [1.54, 1.807) is 12.0 Å². The number of ether oxygens (including phenoxy) is 1. The minimum Gasteiger partial charge on any atom is -0.481 e. The van der Waals surface area contributed by atoms with Crippen LogP contribution in [0.25, 0.3) is 0 Å². The quantitative estimate of drug-likeness (QED) is 0.581. The van der Waals surface area contributed by atoms with E-state index in [2.05, 4.69) is 5.32 Å². The van der Waals surface area contributed by atoms with Crippen LogP contribution >= 0.6 is 0 Å². The van der Waals surface area contributed by atoms with Crippen molar-refractivity contribution in [2.75, 3.05) is 39.9 Å². The van der Waals surface area contributed by atoms with E-state index in [9.17, 15) is 9.59 Å². The highest BCUT2D eigenvalue weighted by atomic mass is 16.5. The van der Waals surface area contributed by atoms with Crippen molar-refractivity contribution < 1.29 is 19.4 Å².